The summed E-state index contributed by atoms with van der Waals surface area (Å²) in [6.45, 7) is 5.20. The van der Waals surface area contributed by atoms with E-state index < -0.39 is 28.5 Å². The fraction of sp³-hybridized carbons (Fsp3) is 0.375. The van der Waals surface area contributed by atoms with Crippen molar-refractivity contribution in [1.29, 1.82) is 0 Å². The minimum absolute atomic E-state index is 0.0147. The summed E-state index contributed by atoms with van der Waals surface area (Å²) < 4.78 is 45.1. The number of anilines is 1. The molecule has 10 nitrogen and oxygen atoms in total. The van der Waals surface area contributed by atoms with Crippen molar-refractivity contribution in [2.45, 2.75) is 57.1 Å². The maximum absolute atomic E-state index is 14.2. The lowest BCUT2D eigenvalue weighted by molar-refractivity contribution is -0.140. The maximum Gasteiger partial charge on any atom is 0.264 e. The van der Waals surface area contributed by atoms with Gasteiger partial charge in [-0.05, 0) is 61.7 Å². The molecular weight excluding hydrogens is 570 g/mol. The van der Waals surface area contributed by atoms with Gasteiger partial charge in [0.25, 0.3) is 10.0 Å². The van der Waals surface area contributed by atoms with Crippen LogP contribution in [0.1, 0.15) is 39.2 Å². The van der Waals surface area contributed by atoms with Crippen molar-refractivity contribution in [2.75, 3.05) is 32.2 Å². The zero-order valence-corrected chi connectivity index (χ0v) is 26.4. The lowest BCUT2D eigenvalue weighted by atomic mass is 10.1. The quantitative estimate of drug-likeness (QED) is 0.267. The van der Waals surface area contributed by atoms with Gasteiger partial charge in [-0.1, -0.05) is 44.2 Å². The van der Waals surface area contributed by atoms with E-state index in [-0.39, 0.29) is 29.1 Å². The molecule has 0 heterocycles. The fourth-order valence-electron chi connectivity index (χ4n) is 4.52. The number of carbonyl (C=O) groups is 2. The van der Waals surface area contributed by atoms with Crippen LogP contribution in [-0.2, 0) is 26.2 Å². The maximum atomic E-state index is 14.2. The van der Waals surface area contributed by atoms with Gasteiger partial charge in [0.15, 0.2) is 11.5 Å². The SMILES string of the molecule is CCC(C)NC(=O)C(CC)N(Cc1ccc(OC)cc1)C(=O)CN(c1ccc(OC)c(OC)c1)S(=O)(=O)c1ccccc1. The molecular formula is C32H41N3O7S. The van der Waals surface area contributed by atoms with E-state index in [1.54, 1.807) is 49.6 Å². The molecule has 2 unspecified atom stereocenters. The monoisotopic (exact) mass is 611 g/mol. The van der Waals surface area contributed by atoms with Crippen LogP contribution < -0.4 is 23.8 Å². The summed E-state index contributed by atoms with van der Waals surface area (Å²) in [5.74, 6) is 0.508. The Morgan fingerprint density at radius 1 is 0.837 bits per heavy atom. The number of nitrogens with one attached hydrogen (secondary N) is 1. The third-order valence-electron chi connectivity index (χ3n) is 7.16. The van der Waals surface area contributed by atoms with Gasteiger partial charge in [0.2, 0.25) is 11.8 Å². The standard InChI is InChI=1S/C32H41N3O7S/c1-7-23(3)33-32(37)28(8-2)34(21-24-14-17-26(40-4)18-15-24)31(36)22-35(43(38,39)27-12-10-9-11-13-27)25-16-19-29(41-5)30(20-25)42-6/h9-20,23,28H,7-8,21-22H2,1-6H3,(H,33,37). The van der Waals surface area contributed by atoms with Crippen LogP contribution in [0.3, 0.4) is 0 Å². The number of ether oxygens (including phenoxy) is 3. The molecule has 11 heteroatoms. The van der Waals surface area contributed by atoms with Gasteiger partial charge in [0.1, 0.15) is 18.3 Å². The zero-order valence-electron chi connectivity index (χ0n) is 25.6. The van der Waals surface area contributed by atoms with E-state index in [0.29, 0.717) is 23.7 Å². The van der Waals surface area contributed by atoms with Crippen molar-refractivity contribution < 1.29 is 32.2 Å². The van der Waals surface area contributed by atoms with Crippen LogP contribution in [0.15, 0.2) is 77.7 Å². The first kappa shape index (κ1) is 33.3. The average molecular weight is 612 g/mol. The summed E-state index contributed by atoms with van der Waals surface area (Å²) in [4.78, 5) is 29.1. The Labute approximate surface area is 254 Å². The van der Waals surface area contributed by atoms with Gasteiger partial charge in [-0.25, -0.2) is 8.42 Å². The van der Waals surface area contributed by atoms with Crippen LogP contribution in [0.25, 0.3) is 0 Å². The van der Waals surface area contributed by atoms with Crippen LogP contribution in [0.4, 0.5) is 5.69 Å². The number of benzene rings is 3. The molecule has 0 aliphatic heterocycles. The third-order valence-corrected chi connectivity index (χ3v) is 8.95. The summed E-state index contributed by atoms with van der Waals surface area (Å²) in [6.07, 6.45) is 1.04. The van der Waals surface area contributed by atoms with Crippen LogP contribution in [0, 0.1) is 0 Å². The van der Waals surface area contributed by atoms with Crippen molar-refractivity contribution >= 4 is 27.5 Å². The van der Waals surface area contributed by atoms with E-state index in [0.717, 1.165) is 16.3 Å². The highest BCUT2D eigenvalue weighted by atomic mass is 32.2. The largest absolute Gasteiger partial charge is 0.497 e. The molecule has 1 N–H and O–H groups in total. The molecule has 0 saturated heterocycles. The van der Waals surface area contributed by atoms with Gasteiger partial charge >= 0.3 is 0 Å². The molecule has 0 aliphatic carbocycles. The molecule has 0 aromatic heterocycles. The first-order valence-corrected chi connectivity index (χ1v) is 15.6. The molecule has 0 radical (unpaired) electrons. The van der Waals surface area contributed by atoms with Crippen molar-refractivity contribution in [3.05, 3.63) is 78.4 Å². The smallest absolute Gasteiger partial charge is 0.264 e. The minimum Gasteiger partial charge on any atom is -0.497 e. The van der Waals surface area contributed by atoms with Crippen LogP contribution in [0.5, 0.6) is 17.2 Å². The number of rotatable bonds is 15. The lowest BCUT2D eigenvalue weighted by Gasteiger charge is -2.34. The Bertz CT molecular complexity index is 1460. The summed E-state index contributed by atoms with van der Waals surface area (Å²) >= 11 is 0. The number of hydrogen-bond acceptors (Lipinski definition) is 7. The van der Waals surface area contributed by atoms with Crippen LogP contribution in [0.2, 0.25) is 0 Å². The Morgan fingerprint density at radius 3 is 2.05 bits per heavy atom. The van der Waals surface area contributed by atoms with Gasteiger partial charge in [0, 0.05) is 18.7 Å². The van der Waals surface area contributed by atoms with Crippen LogP contribution in [-0.4, -0.2) is 65.1 Å². The predicted octanol–water partition coefficient (Wildman–Crippen LogP) is 4.63. The van der Waals surface area contributed by atoms with Gasteiger partial charge in [-0.15, -0.1) is 0 Å². The minimum atomic E-state index is -4.21. The highest BCUT2D eigenvalue weighted by Gasteiger charge is 2.34. The van der Waals surface area contributed by atoms with Crippen molar-refractivity contribution in [3.63, 3.8) is 0 Å². The molecule has 0 spiro atoms. The van der Waals surface area contributed by atoms with Gasteiger partial charge in [-0.2, -0.15) is 0 Å². The molecule has 0 bridgehead atoms. The van der Waals surface area contributed by atoms with E-state index >= 15 is 0 Å². The molecule has 0 aliphatic rings. The first-order chi connectivity index (χ1) is 20.6. The highest BCUT2D eigenvalue weighted by Crippen LogP contribution is 2.34. The third kappa shape index (κ3) is 8.19. The molecule has 3 aromatic carbocycles. The number of nitrogens with zero attached hydrogens (tertiary/aromatic N) is 2. The Morgan fingerprint density at radius 2 is 1.49 bits per heavy atom. The van der Waals surface area contributed by atoms with Gasteiger partial charge in [-0.3, -0.25) is 13.9 Å². The average Bonchev–Trinajstić information content (AvgIpc) is 3.03. The van der Waals surface area contributed by atoms with Crippen molar-refractivity contribution in [1.82, 2.24) is 10.2 Å². The second kappa shape index (κ2) is 15.3. The molecule has 3 aromatic rings. The van der Waals surface area contributed by atoms with Crippen molar-refractivity contribution in [3.8, 4) is 17.2 Å². The van der Waals surface area contributed by atoms with Crippen molar-refractivity contribution in [2.24, 2.45) is 0 Å². The Balaban J connectivity index is 2.10. The molecule has 3 rings (SSSR count). The summed E-state index contributed by atoms with van der Waals surface area (Å²) in [5.41, 5.74) is 0.962. The lowest BCUT2D eigenvalue weighted by Crippen LogP contribution is -2.53. The number of methoxy groups -OCH3 is 3. The molecule has 2 amide bonds. The molecule has 43 heavy (non-hydrogen) atoms. The highest BCUT2D eigenvalue weighted by molar-refractivity contribution is 7.92. The first-order valence-electron chi connectivity index (χ1n) is 14.1. The van der Waals surface area contributed by atoms with E-state index in [2.05, 4.69) is 5.32 Å². The number of carbonyl (C=O) groups excluding carboxylic acids is 2. The normalized spacial score (nSPS) is 12.5. The Hall–Kier alpha value is -4.25. The molecule has 2 atom stereocenters. The topological polar surface area (TPSA) is 114 Å². The van der Waals surface area contributed by atoms with E-state index in [1.807, 2.05) is 32.9 Å². The van der Waals surface area contributed by atoms with E-state index in [9.17, 15) is 18.0 Å². The molecule has 0 fully saturated rings. The summed E-state index contributed by atoms with van der Waals surface area (Å²) in [7, 11) is 0.274. The van der Waals surface area contributed by atoms with E-state index in [4.69, 9.17) is 14.2 Å². The predicted molar refractivity (Wildman–Crippen MR) is 166 cm³/mol. The van der Waals surface area contributed by atoms with Gasteiger partial charge in [0.05, 0.1) is 31.9 Å². The molecule has 0 saturated carbocycles. The number of sulfonamides is 1. The second-order valence-electron chi connectivity index (χ2n) is 9.98. The summed E-state index contributed by atoms with van der Waals surface area (Å²) in [5, 5.41) is 2.97. The number of hydrogen-bond donors (Lipinski definition) is 1. The van der Waals surface area contributed by atoms with E-state index in [1.165, 1.54) is 37.3 Å². The summed E-state index contributed by atoms with van der Waals surface area (Å²) in [6, 6.07) is 18.7. The zero-order chi connectivity index (χ0) is 31.6. The Kier molecular flexibility index (Phi) is 11.8. The van der Waals surface area contributed by atoms with Crippen LogP contribution >= 0.6 is 0 Å². The number of amides is 2. The molecule has 232 valence electrons. The van der Waals surface area contributed by atoms with Gasteiger partial charge < -0.3 is 24.4 Å². The second-order valence-corrected chi connectivity index (χ2v) is 11.8. The fourth-order valence-corrected chi connectivity index (χ4v) is 5.94.